The molecule has 2 rings (SSSR count). The van der Waals surface area contributed by atoms with Gasteiger partial charge in [-0.2, -0.15) is 0 Å². The molecule has 0 aliphatic carbocycles. The highest BCUT2D eigenvalue weighted by Gasteiger charge is 2.17. The van der Waals surface area contributed by atoms with Gasteiger partial charge in [0, 0.05) is 6.54 Å². The van der Waals surface area contributed by atoms with Gasteiger partial charge in [0.15, 0.2) is 11.5 Å². The summed E-state index contributed by atoms with van der Waals surface area (Å²) in [5.41, 5.74) is 1.18. The minimum atomic E-state index is 0. The van der Waals surface area contributed by atoms with Crippen molar-refractivity contribution < 1.29 is 9.47 Å². The quantitative estimate of drug-likeness (QED) is 0.883. The largest absolute Gasteiger partial charge is 0.493 e. The van der Waals surface area contributed by atoms with Crippen LogP contribution in [0, 0.1) is 6.92 Å². The van der Waals surface area contributed by atoms with Crippen molar-refractivity contribution in [3.63, 3.8) is 0 Å². The van der Waals surface area contributed by atoms with Gasteiger partial charge in [0.1, 0.15) is 6.10 Å². The van der Waals surface area contributed by atoms with Crippen molar-refractivity contribution in [3.8, 4) is 11.5 Å². The van der Waals surface area contributed by atoms with Crippen molar-refractivity contribution in [2.24, 2.45) is 0 Å². The number of ether oxygens (including phenoxy) is 2. The van der Waals surface area contributed by atoms with Gasteiger partial charge in [0.25, 0.3) is 0 Å². The molecule has 3 nitrogen and oxygen atoms in total. The lowest BCUT2D eigenvalue weighted by atomic mass is 10.2. The summed E-state index contributed by atoms with van der Waals surface area (Å²) in [6.07, 6.45) is 1.35. The Balaban J connectivity index is 0.00000128. The molecule has 0 aromatic heterocycles. The summed E-state index contributed by atoms with van der Waals surface area (Å²) < 4.78 is 11.2. The lowest BCUT2D eigenvalue weighted by Crippen LogP contribution is -2.19. The van der Waals surface area contributed by atoms with Crippen LogP contribution in [0.2, 0.25) is 0 Å². The zero-order chi connectivity index (χ0) is 10.7. The van der Waals surface area contributed by atoms with E-state index in [-0.39, 0.29) is 18.5 Å². The van der Waals surface area contributed by atoms with Crippen LogP contribution >= 0.6 is 12.4 Å². The summed E-state index contributed by atoms with van der Waals surface area (Å²) in [5, 5.41) is 3.28. The molecule has 1 fully saturated rings. The van der Waals surface area contributed by atoms with Gasteiger partial charge in [-0.1, -0.05) is 6.07 Å². The molecule has 1 aliphatic heterocycles. The van der Waals surface area contributed by atoms with Crippen molar-refractivity contribution in [1.29, 1.82) is 0 Å². The SMILES string of the molecule is COc1cc(C)ccc1OC1CCNC1.Cl. The molecule has 4 heteroatoms. The fraction of sp³-hybridized carbons (Fsp3) is 0.500. The van der Waals surface area contributed by atoms with E-state index in [2.05, 4.69) is 5.32 Å². The first-order valence-electron chi connectivity index (χ1n) is 5.31. The van der Waals surface area contributed by atoms with E-state index in [0.29, 0.717) is 0 Å². The topological polar surface area (TPSA) is 30.5 Å². The summed E-state index contributed by atoms with van der Waals surface area (Å²) in [5.74, 6) is 1.67. The number of hydrogen-bond donors (Lipinski definition) is 1. The van der Waals surface area contributed by atoms with E-state index < -0.39 is 0 Å². The number of halogens is 1. The van der Waals surface area contributed by atoms with Crippen molar-refractivity contribution >= 4 is 12.4 Å². The summed E-state index contributed by atoms with van der Waals surface area (Å²) in [6.45, 7) is 4.01. The zero-order valence-electron chi connectivity index (χ0n) is 9.66. The molecule has 16 heavy (non-hydrogen) atoms. The Morgan fingerprint density at radius 3 is 2.75 bits per heavy atom. The predicted molar refractivity (Wildman–Crippen MR) is 66.9 cm³/mol. The number of aryl methyl sites for hydroxylation is 1. The van der Waals surface area contributed by atoms with E-state index in [9.17, 15) is 0 Å². The van der Waals surface area contributed by atoms with Gasteiger partial charge in [-0.25, -0.2) is 0 Å². The zero-order valence-corrected chi connectivity index (χ0v) is 10.5. The molecule has 1 atom stereocenters. The standard InChI is InChI=1S/C12H17NO2.ClH/c1-9-3-4-11(12(7-9)14-2)15-10-5-6-13-8-10;/h3-4,7,10,13H,5-6,8H2,1-2H3;1H. The number of benzene rings is 1. The third kappa shape index (κ3) is 3.03. The number of rotatable bonds is 3. The van der Waals surface area contributed by atoms with E-state index in [1.807, 2.05) is 25.1 Å². The summed E-state index contributed by atoms with van der Waals surface area (Å²) in [7, 11) is 1.68. The molecule has 0 bridgehead atoms. The maximum atomic E-state index is 5.86. The van der Waals surface area contributed by atoms with Crippen LogP contribution < -0.4 is 14.8 Å². The van der Waals surface area contributed by atoms with Crippen molar-refractivity contribution in [3.05, 3.63) is 23.8 Å². The third-order valence-corrected chi connectivity index (χ3v) is 2.63. The average Bonchev–Trinajstić information content (AvgIpc) is 2.73. The molecule has 1 N–H and O–H groups in total. The van der Waals surface area contributed by atoms with Gasteiger partial charge >= 0.3 is 0 Å². The van der Waals surface area contributed by atoms with Gasteiger partial charge in [-0.15, -0.1) is 12.4 Å². The molecule has 90 valence electrons. The first-order valence-corrected chi connectivity index (χ1v) is 5.31. The third-order valence-electron chi connectivity index (χ3n) is 2.63. The van der Waals surface area contributed by atoms with Gasteiger partial charge in [0.05, 0.1) is 7.11 Å². The van der Waals surface area contributed by atoms with Crippen LogP contribution in [0.1, 0.15) is 12.0 Å². The second-order valence-electron chi connectivity index (χ2n) is 3.89. The molecule has 1 saturated heterocycles. The van der Waals surface area contributed by atoms with Crippen LogP contribution in [0.25, 0.3) is 0 Å². The minimum Gasteiger partial charge on any atom is -0.493 e. The van der Waals surface area contributed by atoms with Crippen molar-refractivity contribution in [1.82, 2.24) is 5.32 Å². The minimum absolute atomic E-state index is 0. The van der Waals surface area contributed by atoms with Crippen molar-refractivity contribution in [2.75, 3.05) is 20.2 Å². The summed E-state index contributed by atoms with van der Waals surface area (Å²) in [4.78, 5) is 0. The maximum Gasteiger partial charge on any atom is 0.161 e. The molecule has 0 radical (unpaired) electrons. The molecule has 1 aromatic carbocycles. The van der Waals surface area contributed by atoms with E-state index in [4.69, 9.17) is 9.47 Å². The van der Waals surface area contributed by atoms with Crippen molar-refractivity contribution in [2.45, 2.75) is 19.4 Å². The highest BCUT2D eigenvalue weighted by Crippen LogP contribution is 2.29. The highest BCUT2D eigenvalue weighted by molar-refractivity contribution is 5.85. The monoisotopic (exact) mass is 243 g/mol. The van der Waals surface area contributed by atoms with Gasteiger partial charge in [-0.05, 0) is 37.6 Å². The second-order valence-corrected chi connectivity index (χ2v) is 3.89. The lowest BCUT2D eigenvalue weighted by Gasteiger charge is -2.15. The predicted octanol–water partition coefficient (Wildman–Crippen LogP) is 2.17. The smallest absolute Gasteiger partial charge is 0.161 e. The summed E-state index contributed by atoms with van der Waals surface area (Å²) in [6, 6.07) is 6.02. The fourth-order valence-corrected chi connectivity index (χ4v) is 1.78. The van der Waals surface area contributed by atoms with Gasteiger partial charge < -0.3 is 14.8 Å². The van der Waals surface area contributed by atoms with Gasteiger partial charge in [0.2, 0.25) is 0 Å². The van der Waals surface area contributed by atoms with Crippen LogP contribution in [0.5, 0.6) is 11.5 Å². The summed E-state index contributed by atoms with van der Waals surface area (Å²) >= 11 is 0. The van der Waals surface area contributed by atoms with Gasteiger partial charge in [-0.3, -0.25) is 0 Å². The van der Waals surface area contributed by atoms with Crippen LogP contribution in [0.3, 0.4) is 0 Å². The maximum absolute atomic E-state index is 5.86. The Hall–Kier alpha value is -0.930. The number of nitrogens with one attached hydrogen (secondary N) is 1. The van der Waals surface area contributed by atoms with E-state index in [1.165, 1.54) is 5.56 Å². The normalized spacial score (nSPS) is 19.0. The molecular formula is C12H18ClNO2. The van der Waals surface area contributed by atoms with Crippen LogP contribution in [-0.4, -0.2) is 26.3 Å². The molecule has 1 aromatic rings. The molecule has 0 spiro atoms. The Labute approximate surface area is 103 Å². The molecular weight excluding hydrogens is 226 g/mol. The van der Waals surface area contributed by atoms with Crippen LogP contribution in [0.15, 0.2) is 18.2 Å². The molecule has 1 aliphatic rings. The Bertz CT molecular complexity index is 338. The fourth-order valence-electron chi connectivity index (χ4n) is 1.78. The number of methoxy groups -OCH3 is 1. The average molecular weight is 244 g/mol. The van der Waals surface area contributed by atoms with Crippen LogP contribution in [-0.2, 0) is 0 Å². The van der Waals surface area contributed by atoms with E-state index in [1.54, 1.807) is 7.11 Å². The second kappa shape index (κ2) is 5.97. The molecule has 1 unspecified atom stereocenters. The Morgan fingerprint density at radius 1 is 1.31 bits per heavy atom. The van der Waals surface area contributed by atoms with E-state index >= 15 is 0 Å². The molecule has 0 saturated carbocycles. The lowest BCUT2D eigenvalue weighted by molar-refractivity contribution is 0.212. The highest BCUT2D eigenvalue weighted by atomic mass is 35.5. The Kier molecular flexibility index (Phi) is 4.90. The first kappa shape index (κ1) is 13.1. The molecule has 0 amide bonds. The molecule has 1 heterocycles. The first-order chi connectivity index (χ1) is 7.29. The Morgan fingerprint density at radius 2 is 2.12 bits per heavy atom. The number of hydrogen-bond acceptors (Lipinski definition) is 3. The van der Waals surface area contributed by atoms with Crippen LogP contribution in [0.4, 0.5) is 0 Å². The van der Waals surface area contributed by atoms with E-state index in [0.717, 1.165) is 31.0 Å².